The van der Waals surface area contributed by atoms with Gasteiger partial charge in [0.2, 0.25) is 0 Å². The zero-order valence-corrected chi connectivity index (χ0v) is 15.5. The minimum Gasteiger partial charge on any atom is -0.357 e. The molecule has 0 aliphatic heterocycles. The molecule has 5 nitrogen and oxygen atoms in total. The average molecular weight is 368 g/mol. The summed E-state index contributed by atoms with van der Waals surface area (Å²) >= 11 is 12.1. The third-order valence-electron chi connectivity index (χ3n) is 3.46. The van der Waals surface area contributed by atoms with Crippen molar-refractivity contribution in [3.63, 3.8) is 0 Å². The molecule has 2 rings (SSSR count). The van der Waals surface area contributed by atoms with Gasteiger partial charge in [-0.25, -0.2) is 4.99 Å². The van der Waals surface area contributed by atoms with Crippen LogP contribution in [0.5, 0.6) is 0 Å². The number of halogens is 2. The fourth-order valence-electron chi connectivity index (χ4n) is 2.26. The third kappa shape index (κ3) is 6.06. The highest BCUT2D eigenvalue weighted by atomic mass is 35.5. The van der Waals surface area contributed by atoms with E-state index in [0.29, 0.717) is 16.6 Å². The van der Waals surface area contributed by atoms with Crippen molar-refractivity contribution in [1.82, 2.24) is 20.4 Å². The van der Waals surface area contributed by atoms with Gasteiger partial charge in [-0.05, 0) is 43.0 Å². The average Bonchev–Trinajstić information content (AvgIpc) is 2.96. The largest absolute Gasteiger partial charge is 0.357 e. The number of aryl methyl sites for hydroxylation is 2. The quantitative estimate of drug-likeness (QED) is 0.447. The second-order valence-corrected chi connectivity index (χ2v) is 6.33. The summed E-state index contributed by atoms with van der Waals surface area (Å²) in [6, 6.07) is 5.47. The monoisotopic (exact) mass is 367 g/mol. The number of nitrogens with one attached hydrogen (secondary N) is 2. The minimum absolute atomic E-state index is 0.508. The standard InChI is InChI=1S/C17H23Cl2N5/c1-3-20-17(21-8-4-5-13-10-23-24(2)12-13)22-11-14-6-7-15(18)9-16(14)19/h6-7,9-10,12H,3-5,8,11H2,1-2H3,(H2,20,21,22). The van der Waals surface area contributed by atoms with Gasteiger partial charge in [-0.3, -0.25) is 4.68 Å². The molecule has 2 N–H and O–H groups in total. The summed E-state index contributed by atoms with van der Waals surface area (Å²) in [4.78, 5) is 4.57. The third-order valence-corrected chi connectivity index (χ3v) is 4.05. The molecule has 0 spiro atoms. The molecule has 0 saturated carbocycles. The van der Waals surface area contributed by atoms with E-state index in [1.165, 1.54) is 5.56 Å². The van der Waals surface area contributed by atoms with Crippen LogP contribution in [0, 0.1) is 0 Å². The summed E-state index contributed by atoms with van der Waals surface area (Å²) in [5.41, 5.74) is 2.20. The maximum atomic E-state index is 6.18. The van der Waals surface area contributed by atoms with Gasteiger partial charge in [0.05, 0.1) is 12.7 Å². The summed E-state index contributed by atoms with van der Waals surface area (Å²) in [6.07, 6.45) is 5.95. The van der Waals surface area contributed by atoms with Gasteiger partial charge < -0.3 is 10.6 Å². The summed E-state index contributed by atoms with van der Waals surface area (Å²) < 4.78 is 1.82. The van der Waals surface area contributed by atoms with Gasteiger partial charge in [-0.1, -0.05) is 29.3 Å². The van der Waals surface area contributed by atoms with Crippen molar-refractivity contribution in [2.45, 2.75) is 26.3 Å². The Balaban J connectivity index is 1.83. The number of rotatable bonds is 7. The van der Waals surface area contributed by atoms with Crippen LogP contribution in [0.4, 0.5) is 0 Å². The van der Waals surface area contributed by atoms with Crippen molar-refractivity contribution in [3.8, 4) is 0 Å². The number of hydrogen-bond donors (Lipinski definition) is 2. The van der Waals surface area contributed by atoms with Gasteiger partial charge in [0.1, 0.15) is 0 Å². The predicted molar refractivity (Wildman–Crippen MR) is 101 cm³/mol. The van der Waals surface area contributed by atoms with Crippen molar-refractivity contribution in [2.75, 3.05) is 13.1 Å². The van der Waals surface area contributed by atoms with Gasteiger partial charge in [-0.15, -0.1) is 0 Å². The lowest BCUT2D eigenvalue weighted by atomic mass is 10.2. The Morgan fingerprint density at radius 2 is 2.12 bits per heavy atom. The Morgan fingerprint density at radius 3 is 2.79 bits per heavy atom. The van der Waals surface area contributed by atoms with Crippen LogP contribution in [0.15, 0.2) is 35.6 Å². The van der Waals surface area contributed by atoms with Crippen molar-refractivity contribution >= 4 is 29.2 Å². The molecule has 0 bridgehead atoms. The zero-order chi connectivity index (χ0) is 17.4. The van der Waals surface area contributed by atoms with Crippen LogP contribution in [0.2, 0.25) is 10.0 Å². The van der Waals surface area contributed by atoms with Crippen LogP contribution in [-0.4, -0.2) is 28.8 Å². The fourth-order valence-corrected chi connectivity index (χ4v) is 2.72. The number of hydrogen-bond acceptors (Lipinski definition) is 2. The van der Waals surface area contributed by atoms with E-state index in [9.17, 15) is 0 Å². The first-order chi connectivity index (χ1) is 11.6. The zero-order valence-electron chi connectivity index (χ0n) is 14.0. The summed E-state index contributed by atoms with van der Waals surface area (Å²) in [5.74, 6) is 0.787. The smallest absolute Gasteiger partial charge is 0.191 e. The molecule has 1 aromatic carbocycles. The lowest BCUT2D eigenvalue weighted by Crippen LogP contribution is -2.37. The van der Waals surface area contributed by atoms with Gasteiger partial charge in [0.15, 0.2) is 5.96 Å². The molecule has 0 amide bonds. The maximum absolute atomic E-state index is 6.18. The molecule has 0 radical (unpaired) electrons. The first kappa shape index (κ1) is 18.6. The van der Waals surface area contributed by atoms with Crippen LogP contribution in [0.3, 0.4) is 0 Å². The first-order valence-corrected chi connectivity index (χ1v) is 8.77. The Hall–Kier alpha value is -1.72. The molecular weight excluding hydrogens is 345 g/mol. The normalized spacial score (nSPS) is 11.6. The molecule has 0 unspecified atom stereocenters. The molecule has 1 heterocycles. The highest BCUT2D eigenvalue weighted by Crippen LogP contribution is 2.21. The second-order valence-electron chi connectivity index (χ2n) is 5.48. The van der Waals surface area contributed by atoms with E-state index in [-0.39, 0.29) is 0 Å². The lowest BCUT2D eigenvalue weighted by molar-refractivity contribution is 0.740. The van der Waals surface area contributed by atoms with Crippen molar-refractivity contribution < 1.29 is 0 Å². The van der Waals surface area contributed by atoms with Gasteiger partial charge in [-0.2, -0.15) is 5.10 Å². The van der Waals surface area contributed by atoms with Gasteiger partial charge in [0.25, 0.3) is 0 Å². The van der Waals surface area contributed by atoms with E-state index < -0.39 is 0 Å². The number of aromatic nitrogens is 2. The molecule has 0 saturated heterocycles. The van der Waals surface area contributed by atoms with E-state index in [2.05, 4.69) is 20.7 Å². The molecule has 1 aromatic heterocycles. The summed E-state index contributed by atoms with van der Waals surface area (Å²) in [7, 11) is 1.93. The molecule has 0 fully saturated rings. The van der Waals surface area contributed by atoms with Gasteiger partial charge in [0, 0.05) is 36.4 Å². The topological polar surface area (TPSA) is 54.2 Å². The van der Waals surface area contributed by atoms with E-state index in [0.717, 1.165) is 37.5 Å². The minimum atomic E-state index is 0.508. The van der Waals surface area contributed by atoms with E-state index >= 15 is 0 Å². The van der Waals surface area contributed by atoms with Crippen LogP contribution in [-0.2, 0) is 20.0 Å². The number of aliphatic imine (C=N–C) groups is 1. The highest BCUT2D eigenvalue weighted by molar-refractivity contribution is 6.35. The van der Waals surface area contributed by atoms with Crippen LogP contribution < -0.4 is 10.6 Å². The summed E-state index contributed by atoms with van der Waals surface area (Å²) in [6.45, 7) is 4.20. The molecule has 0 aliphatic rings. The molecule has 0 atom stereocenters. The second kappa shape index (κ2) is 9.55. The molecular formula is C17H23Cl2N5. The van der Waals surface area contributed by atoms with Crippen LogP contribution in [0.1, 0.15) is 24.5 Å². The molecule has 24 heavy (non-hydrogen) atoms. The maximum Gasteiger partial charge on any atom is 0.191 e. The first-order valence-electron chi connectivity index (χ1n) is 8.02. The molecule has 7 heteroatoms. The lowest BCUT2D eigenvalue weighted by Gasteiger charge is -2.11. The van der Waals surface area contributed by atoms with Crippen molar-refractivity contribution in [1.29, 1.82) is 0 Å². The SMILES string of the molecule is CCNC(=NCc1ccc(Cl)cc1Cl)NCCCc1cnn(C)c1. The van der Waals surface area contributed by atoms with E-state index in [1.807, 2.05) is 43.2 Å². The summed E-state index contributed by atoms with van der Waals surface area (Å²) in [5, 5.41) is 12.0. The van der Waals surface area contributed by atoms with Crippen molar-refractivity contribution in [3.05, 3.63) is 51.8 Å². The molecule has 130 valence electrons. The Morgan fingerprint density at radius 1 is 1.29 bits per heavy atom. The van der Waals surface area contributed by atoms with Crippen LogP contribution >= 0.6 is 23.2 Å². The number of nitrogens with zero attached hydrogens (tertiary/aromatic N) is 3. The predicted octanol–water partition coefficient (Wildman–Crippen LogP) is 3.41. The van der Waals surface area contributed by atoms with Crippen molar-refractivity contribution in [2.24, 2.45) is 12.0 Å². The number of benzene rings is 1. The fraction of sp³-hybridized carbons (Fsp3) is 0.412. The van der Waals surface area contributed by atoms with E-state index in [1.54, 1.807) is 6.07 Å². The highest BCUT2D eigenvalue weighted by Gasteiger charge is 2.02. The Labute approximate surface area is 153 Å². The molecule has 2 aromatic rings. The van der Waals surface area contributed by atoms with E-state index in [4.69, 9.17) is 23.2 Å². The van der Waals surface area contributed by atoms with Gasteiger partial charge >= 0.3 is 0 Å². The Kier molecular flexibility index (Phi) is 7.40. The molecule has 0 aliphatic carbocycles. The Bertz CT molecular complexity index is 681. The number of guanidine groups is 1. The van der Waals surface area contributed by atoms with Crippen LogP contribution in [0.25, 0.3) is 0 Å².